The maximum atomic E-state index is 11.5. The van der Waals surface area contributed by atoms with Crippen molar-refractivity contribution in [3.05, 3.63) is 35.4 Å². The van der Waals surface area contributed by atoms with Gasteiger partial charge in [0.25, 0.3) is 5.91 Å². The van der Waals surface area contributed by atoms with E-state index in [1.807, 2.05) is 19.1 Å². The molecule has 4 heteroatoms. The van der Waals surface area contributed by atoms with Crippen LogP contribution in [-0.4, -0.2) is 11.8 Å². The molecule has 0 unspecified atom stereocenters. The SMILES string of the molecule is CCC(=O)NNC(=O)c1ccc(C)cc1. The Balaban J connectivity index is 2.54. The summed E-state index contributed by atoms with van der Waals surface area (Å²) < 4.78 is 0. The molecule has 1 aromatic rings. The van der Waals surface area contributed by atoms with Gasteiger partial charge in [-0.05, 0) is 19.1 Å². The summed E-state index contributed by atoms with van der Waals surface area (Å²) >= 11 is 0. The van der Waals surface area contributed by atoms with Gasteiger partial charge in [-0.3, -0.25) is 20.4 Å². The minimum absolute atomic E-state index is 0.213. The van der Waals surface area contributed by atoms with E-state index in [2.05, 4.69) is 10.9 Å². The van der Waals surface area contributed by atoms with Crippen molar-refractivity contribution < 1.29 is 9.59 Å². The number of hydrazine groups is 1. The summed E-state index contributed by atoms with van der Waals surface area (Å²) in [5.41, 5.74) is 6.25. The molecule has 0 saturated carbocycles. The molecule has 0 heterocycles. The highest BCUT2D eigenvalue weighted by atomic mass is 16.2. The van der Waals surface area contributed by atoms with Crippen molar-refractivity contribution in [2.45, 2.75) is 20.3 Å². The average Bonchev–Trinajstić information content (AvgIpc) is 2.26. The Morgan fingerprint density at radius 1 is 1.13 bits per heavy atom. The van der Waals surface area contributed by atoms with Crippen LogP contribution in [0.5, 0.6) is 0 Å². The van der Waals surface area contributed by atoms with Crippen molar-refractivity contribution >= 4 is 11.8 Å². The molecular weight excluding hydrogens is 192 g/mol. The molecule has 0 fully saturated rings. The maximum Gasteiger partial charge on any atom is 0.269 e. The molecule has 1 aromatic carbocycles. The molecule has 0 bridgehead atoms. The summed E-state index contributed by atoms with van der Waals surface area (Å²) in [6.45, 7) is 3.66. The van der Waals surface area contributed by atoms with Crippen LogP contribution in [0.25, 0.3) is 0 Å². The van der Waals surface area contributed by atoms with E-state index >= 15 is 0 Å². The van der Waals surface area contributed by atoms with Crippen molar-refractivity contribution in [1.82, 2.24) is 10.9 Å². The van der Waals surface area contributed by atoms with Gasteiger partial charge in [0, 0.05) is 12.0 Å². The van der Waals surface area contributed by atoms with Crippen molar-refractivity contribution in [1.29, 1.82) is 0 Å². The first-order valence-corrected chi connectivity index (χ1v) is 4.79. The third kappa shape index (κ3) is 3.42. The highest BCUT2D eigenvalue weighted by Crippen LogP contribution is 2.02. The summed E-state index contributed by atoms with van der Waals surface area (Å²) in [5, 5.41) is 0. The van der Waals surface area contributed by atoms with E-state index in [9.17, 15) is 9.59 Å². The topological polar surface area (TPSA) is 58.2 Å². The zero-order chi connectivity index (χ0) is 11.3. The Morgan fingerprint density at radius 3 is 2.27 bits per heavy atom. The lowest BCUT2D eigenvalue weighted by Gasteiger charge is -2.05. The summed E-state index contributed by atoms with van der Waals surface area (Å²) in [6.07, 6.45) is 0.341. The number of hydrogen-bond donors (Lipinski definition) is 2. The van der Waals surface area contributed by atoms with E-state index in [4.69, 9.17) is 0 Å². The highest BCUT2D eigenvalue weighted by molar-refractivity contribution is 5.95. The summed E-state index contributed by atoms with van der Waals surface area (Å²) in [6, 6.07) is 7.11. The molecule has 0 aliphatic heterocycles. The van der Waals surface area contributed by atoms with Crippen LogP contribution in [0.4, 0.5) is 0 Å². The molecule has 80 valence electrons. The summed E-state index contributed by atoms with van der Waals surface area (Å²) in [5.74, 6) is -0.521. The molecule has 0 atom stereocenters. The molecule has 0 aliphatic carbocycles. The van der Waals surface area contributed by atoms with Crippen LogP contribution < -0.4 is 10.9 Å². The van der Waals surface area contributed by atoms with Crippen LogP contribution in [0.2, 0.25) is 0 Å². The van der Waals surface area contributed by atoms with Crippen LogP contribution in [0.1, 0.15) is 29.3 Å². The Labute approximate surface area is 88.6 Å². The molecule has 0 spiro atoms. The van der Waals surface area contributed by atoms with Gasteiger partial charge < -0.3 is 0 Å². The van der Waals surface area contributed by atoms with E-state index in [1.54, 1.807) is 19.1 Å². The van der Waals surface area contributed by atoms with Gasteiger partial charge >= 0.3 is 0 Å². The number of benzene rings is 1. The Morgan fingerprint density at radius 2 is 1.73 bits per heavy atom. The van der Waals surface area contributed by atoms with Crippen LogP contribution in [-0.2, 0) is 4.79 Å². The fourth-order valence-corrected chi connectivity index (χ4v) is 0.992. The van der Waals surface area contributed by atoms with Crippen LogP contribution >= 0.6 is 0 Å². The first kappa shape index (κ1) is 11.2. The minimum Gasteiger partial charge on any atom is -0.273 e. The molecule has 4 nitrogen and oxygen atoms in total. The molecule has 0 aliphatic rings. The lowest BCUT2D eigenvalue weighted by atomic mass is 10.1. The highest BCUT2D eigenvalue weighted by Gasteiger charge is 2.04. The first-order chi connectivity index (χ1) is 7.13. The van der Waals surface area contributed by atoms with Gasteiger partial charge in [-0.25, -0.2) is 0 Å². The third-order valence-electron chi connectivity index (χ3n) is 1.95. The van der Waals surface area contributed by atoms with Crippen molar-refractivity contribution in [3.63, 3.8) is 0 Å². The molecule has 2 amide bonds. The molecule has 0 saturated heterocycles. The van der Waals surface area contributed by atoms with Gasteiger partial charge in [0.2, 0.25) is 5.91 Å². The number of aryl methyl sites for hydroxylation is 1. The van der Waals surface area contributed by atoms with Crippen LogP contribution in [0, 0.1) is 6.92 Å². The zero-order valence-electron chi connectivity index (χ0n) is 8.83. The molecular formula is C11H14N2O2. The molecule has 2 N–H and O–H groups in total. The second kappa shape index (κ2) is 5.14. The molecule has 15 heavy (non-hydrogen) atoms. The third-order valence-corrected chi connectivity index (χ3v) is 1.95. The van der Waals surface area contributed by atoms with Gasteiger partial charge in [-0.1, -0.05) is 24.6 Å². The number of carbonyl (C=O) groups is 2. The predicted molar refractivity (Wildman–Crippen MR) is 57.1 cm³/mol. The standard InChI is InChI=1S/C11H14N2O2/c1-3-10(14)12-13-11(15)9-6-4-8(2)5-7-9/h4-7H,3H2,1-2H3,(H,12,14)(H,13,15). The van der Waals surface area contributed by atoms with E-state index in [-0.39, 0.29) is 11.8 Å². The van der Waals surface area contributed by atoms with Gasteiger partial charge in [0.15, 0.2) is 0 Å². The minimum atomic E-state index is -0.309. The smallest absolute Gasteiger partial charge is 0.269 e. The van der Waals surface area contributed by atoms with Crippen LogP contribution in [0.15, 0.2) is 24.3 Å². The van der Waals surface area contributed by atoms with Crippen molar-refractivity contribution in [2.24, 2.45) is 0 Å². The second-order valence-electron chi connectivity index (χ2n) is 3.22. The van der Waals surface area contributed by atoms with Crippen molar-refractivity contribution in [2.75, 3.05) is 0 Å². The monoisotopic (exact) mass is 206 g/mol. The van der Waals surface area contributed by atoms with E-state index < -0.39 is 0 Å². The van der Waals surface area contributed by atoms with Gasteiger partial charge in [-0.2, -0.15) is 0 Å². The number of hydrogen-bond acceptors (Lipinski definition) is 2. The quantitative estimate of drug-likeness (QED) is 0.713. The molecule has 1 rings (SSSR count). The maximum absolute atomic E-state index is 11.5. The van der Waals surface area contributed by atoms with Gasteiger partial charge in [0.1, 0.15) is 0 Å². The Bertz CT molecular complexity index is 357. The fraction of sp³-hybridized carbons (Fsp3) is 0.273. The van der Waals surface area contributed by atoms with Crippen molar-refractivity contribution in [3.8, 4) is 0 Å². The van der Waals surface area contributed by atoms with E-state index in [1.165, 1.54) is 0 Å². The number of carbonyl (C=O) groups excluding carboxylic acids is 2. The Hall–Kier alpha value is -1.84. The number of nitrogens with one attached hydrogen (secondary N) is 2. The van der Waals surface area contributed by atoms with E-state index in [0.717, 1.165) is 5.56 Å². The van der Waals surface area contributed by atoms with Crippen LogP contribution in [0.3, 0.4) is 0 Å². The summed E-state index contributed by atoms with van der Waals surface area (Å²) in [4.78, 5) is 22.3. The first-order valence-electron chi connectivity index (χ1n) is 4.79. The molecule has 0 radical (unpaired) electrons. The predicted octanol–water partition coefficient (Wildman–Crippen LogP) is 1.17. The summed E-state index contributed by atoms with van der Waals surface area (Å²) in [7, 11) is 0. The Kier molecular flexibility index (Phi) is 3.85. The average molecular weight is 206 g/mol. The normalized spacial score (nSPS) is 9.47. The lowest BCUT2D eigenvalue weighted by molar-refractivity contribution is -0.121. The van der Waals surface area contributed by atoms with E-state index in [0.29, 0.717) is 12.0 Å². The lowest BCUT2D eigenvalue weighted by Crippen LogP contribution is -2.41. The number of rotatable bonds is 2. The largest absolute Gasteiger partial charge is 0.273 e. The zero-order valence-corrected chi connectivity index (χ0v) is 8.83. The molecule has 0 aromatic heterocycles. The van der Waals surface area contributed by atoms with Gasteiger partial charge in [-0.15, -0.1) is 0 Å². The fourth-order valence-electron chi connectivity index (χ4n) is 0.992. The second-order valence-corrected chi connectivity index (χ2v) is 3.22. The van der Waals surface area contributed by atoms with Gasteiger partial charge in [0.05, 0.1) is 0 Å². The number of amides is 2.